The van der Waals surface area contributed by atoms with E-state index < -0.39 is 0 Å². The summed E-state index contributed by atoms with van der Waals surface area (Å²) in [5.74, 6) is 0. The number of hydrogen-bond donors (Lipinski definition) is 0. The first-order valence-corrected chi connectivity index (χ1v) is 25.0. The summed E-state index contributed by atoms with van der Waals surface area (Å²) in [7, 11) is 0. The van der Waals surface area contributed by atoms with E-state index in [1.807, 2.05) is 0 Å². The van der Waals surface area contributed by atoms with Crippen molar-refractivity contribution < 1.29 is 0 Å². The molecule has 0 atom stereocenters. The van der Waals surface area contributed by atoms with Crippen LogP contribution < -0.4 is 0 Å². The van der Waals surface area contributed by atoms with Gasteiger partial charge >= 0.3 is 0 Å². The predicted molar refractivity (Wildman–Crippen MR) is 266 cm³/mol. The molecule has 322 valence electrons. The van der Waals surface area contributed by atoms with E-state index in [1.54, 1.807) is 11.1 Å². The lowest BCUT2D eigenvalue weighted by Gasteiger charge is -2.33. The Labute approximate surface area is 375 Å². The molecule has 6 aromatic rings. The van der Waals surface area contributed by atoms with Crippen LogP contribution in [0.5, 0.6) is 0 Å². The van der Waals surface area contributed by atoms with E-state index in [2.05, 4.69) is 149 Å². The monoisotopic (exact) mass is 821 g/mol. The molecule has 62 heavy (non-hydrogen) atoms. The van der Waals surface area contributed by atoms with Gasteiger partial charge in [0.05, 0.1) is 11.4 Å². The lowest BCUT2D eigenvalue weighted by atomic mass is 9.70. The SMILES string of the molecule is CCCCCCC1(CCCCCC)c2ccccc2-c2ccc(-c3ccc(-c4ccc(-c5ccc6c(c5)C(CCCCCC)(CCCCCC)c5ccccc5-6)cn4)nc3)cc21. The van der Waals surface area contributed by atoms with Gasteiger partial charge in [-0.15, -0.1) is 0 Å². The van der Waals surface area contributed by atoms with Crippen LogP contribution in [0.2, 0.25) is 0 Å². The zero-order valence-electron chi connectivity index (χ0n) is 38.6. The second kappa shape index (κ2) is 20.6. The van der Waals surface area contributed by atoms with Crippen LogP contribution in [0, 0.1) is 0 Å². The largest absolute Gasteiger partial charge is 0.254 e. The number of pyridine rings is 2. The van der Waals surface area contributed by atoms with Crippen LogP contribution in [-0.4, -0.2) is 9.97 Å². The molecule has 0 saturated heterocycles. The standard InChI is InChI=1S/C60H72N2/c1-5-9-13-21-37-59(38-22-14-10-6-2)53-27-19-17-25-49(53)51-33-29-45(41-55(51)59)47-31-35-57(61-43-47)58-36-32-48(44-62-58)46-30-34-52-50-26-18-20-28-54(50)60(56(52)42-46,39-23-15-11-7-3)40-24-16-12-8-4/h17-20,25-36,41-44H,5-16,21-24,37-40H2,1-4H3. The third-order valence-electron chi connectivity index (χ3n) is 14.8. The van der Waals surface area contributed by atoms with Gasteiger partial charge in [-0.25, -0.2) is 0 Å². The molecule has 0 radical (unpaired) electrons. The van der Waals surface area contributed by atoms with Crippen LogP contribution in [0.25, 0.3) is 55.9 Å². The highest BCUT2D eigenvalue weighted by Crippen LogP contribution is 2.56. The average Bonchev–Trinajstić information content (AvgIpc) is 3.75. The van der Waals surface area contributed by atoms with Crippen molar-refractivity contribution in [3.63, 3.8) is 0 Å². The summed E-state index contributed by atoms with van der Waals surface area (Å²) in [6.07, 6.45) is 29.8. The summed E-state index contributed by atoms with van der Waals surface area (Å²) in [6.45, 7) is 9.28. The van der Waals surface area contributed by atoms with Crippen molar-refractivity contribution in [3.8, 4) is 55.9 Å². The van der Waals surface area contributed by atoms with Gasteiger partial charge in [0.25, 0.3) is 0 Å². The number of aromatic nitrogens is 2. The number of rotatable bonds is 23. The number of nitrogens with zero attached hydrogens (tertiary/aromatic N) is 2. The van der Waals surface area contributed by atoms with Crippen molar-refractivity contribution >= 4 is 0 Å². The van der Waals surface area contributed by atoms with Gasteiger partial charge in [0.2, 0.25) is 0 Å². The second-order valence-corrected chi connectivity index (χ2v) is 18.9. The molecule has 4 aromatic carbocycles. The fourth-order valence-corrected chi connectivity index (χ4v) is 11.4. The van der Waals surface area contributed by atoms with Gasteiger partial charge in [-0.1, -0.05) is 215 Å². The number of hydrogen-bond acceptors (Lipinski definition) is 2. The highest BCUT2D eigenvalue weighted by molar-refractivity contribution is 5.85. The van der Waals surface area contributed by atoms with Crippen LogP contribution in [0.15, 0.2) is 122 Å². The Bertz CT molecular complexity index is 2170. The maximum atomic E-state index is 5.05. The molecular formula is C60H72N2. The minimum atomic E-state index is 0.0794. The molecular weight excluding hydrogens is 749 g/mol. The maximum absolute atomic E-state index is 5.05. The first-order valence-electron chi connectivity index (χ1n) is 25.0. The van der Waals surface area contributed by atoms with Crippen molar-refractivity contribution in [2.75, 3.05) is 0 Å². The lowest BCUT2D eigenvalue weighted by molar-refractivity contribution is 0.401. The molecule has 2 aliphatic carbocycles. The second-order valence-electron chi connectivity index (χ2n) is 18.9. The molecule has 2 heteroatoms. The minimum Gasteiger partial charge on any atom is -0.254 e. The van der Waals surface area contributed by atoms with Crippen LogP contribution in [-0.2, 0) is 10.8 Å². The summed E-state index contributed by atoms with van der Waals surface area (Å²) in [5.41, 5.74) is 18.8. The molecule has 0 bridgehead atoms. The Balaban J connectivity index is 1.05. The van der Waals surface area contributed by atoms with Gasteiger partial charge < -0.3 is 0 Å². The van der Waals surface area contributed by atoms with Crippen LogP contribution in [0.1, 0.15) is 178 Å². The van der Waals surface area contributed by atoms with Gasteiger partial charge in [0, 0.05) is 34.4 Å². The number of benzene rings is 4. The molecule has 2 heterocycles. The Kier molecular flexibility index (Phi) is 14.5. The fraction of sp³-hybridized carbons (Fsp3) is 0.433. The molecule has 8 rings (SSSR count). The van der Waals surface area contributed by atoms with Crippen LogP contribution in [0.3, 0.4) is 0 Å². The van der Waals surface area contributed by atoms with E-state index >= 15 is 0 Å². The van der Waals surface area contributed by atoms with E-state index in [4.69, 9.17) is 9.97 Å². The zero-order chi connectivity index (χ0) is 42.8. The molecule has 0 N–H and O–H groups in total. The molecule has 0 spiro atoms. The summed E-state index contributed by atoms with van der Waals surface area (Å²) in [6, 6.07) is 41.9. The van der Waals surface area contributed by atoms with Crippen molar-refractivity contribution in [1.29, 1.82) is 0 Å². The van der Waals surface area contributed by atoms with Crippen molar-refractivity contribution in [2.45, 2.75) is 167 Å². The molecule has 0 aliphatic heterocycles. The highest BCUT2D eigenvalue weighted by Gasteiger charge is 2.43. The van der Waals surface area contributed by atoms with Crippen LogP contribution in [0.4, 0.5) is 0 Å². The average molecular weight is 821 g/mol. The molecule has 0 amide bonds. The summed E-state index contributed by atoms with van der Waals surface area (Å²) in [5, 5.41) is 0. The molecule has 0 saturated carbocycles. The topological polar surface area (TPSA) is 25.8 Å². The Hall–Kier alpha value is -4.82. The van der Waals surface area contributed by atoms with Crippen molar-refractivity contribution in [2.24, 2.45) is 0 Å². The number of unbranched alkanes of at least 4 members (excludes halogenated alkanes) is 12. The molecule has 2 nitrogen and oxygen atoms in total. The summed E-state index contributed by atoms with van der Waals surface area (Å²) >= 11 is 0. The van der Waals surface area contributed by atoms with Gasteiger partial charge in [-0.2, -0.15) is 0 Å². The zero-order valence-corrected chi connectivity index (χ0v) is 38.6. The van der Waals surface area contributed by atoms with E-state index in [0.29, 0.717) is 0 Å². The normalized spacial score (nSPS) is 14.1. The van der Waals surface area contributed by atoms with Crippen LogP contribution >= 0.6 is 0 Å². The summed E-state index contributed by atoms with van der Waals surface area (Å²) < 4.78 is 0. The molecule has 2 aromatic heterocycles. The first kappa shape index (κ1) is 43.8. The molecule has 2 aliphatic rings. The van der Waals surface area contributed by atoms with Gasteiger partial charge in [-0.05, 0) is 106 Å². The quantitative estimate of drug-likeness (QED) is 0.0602. The Morgan fingerprint density at radius 1 is 0.323 bits per heavy atom. The van der Waals surface area contributed by atoms with E-state index in [9.17, 15) is 0 Å². The van der Waals surface area contributed by atoms with Crippen molar-refractivity contribution in [3.05, 3.63) is 144 Å². The molecule has 0 fully saturated rings. The Morgan fingerprint density at radius 3 is 1.00 bits per heavy atom. The van der Waals surface area contributed by atoms with Gasteiger partial charge in [0.15, 0.2) is 0 Å². The maximum Gasteiger partial charge on any atom is 0.0886 e. The smallest absolute Gasteiger partial charge is 0.0886 e. The van der Waals surface area contributed by atoms with Gasteiger partial charge in [-0.3, -0.25) is 9.97 Å². The third-order valence-corrected chi connectivity index (χ3v) is 14.8. The minimum absolute atomic E-state index is 0.0794. The summed E-state index contributed by atoms with van der Waals surface area (Å²) in [4.78, 5) is 10.1. The Morgan fingerprint density at radius 2 is 0.661 bits per heavy atom. The fourth-order valence-electron chi connectivity index (χ4n) is 11.4. The van der Waals surface area contributed by atoms with Gasteiger partial charge in [0.1, 0.15) is 0 Å². The molecule has 0 unspecified atom stereocenters. The highest BCUT2D eigenvalue weighted by atomic mass is 14.8. The lowest BCUT2D eigenvalue weighted by Crippen LogP contribution is -2.25. The number of fused-ring (bicyclic) bond motifs is 6. The van der Waals surface area contributed by atoms with E-state index in [0.717, 1.165) is 11.4 Å². The first-order chi connectivity index (χ1) is 30.6. The van der Waals surface area contributed by atoms with E-state index in [1.165, 1.54) is 184 Å². The van der Waals surface area contributed by atoms with E-state index in [-0.39, 0.29) is 10.8 Å². The van der Waals surface area contributed by atoms with Crippen molar-refractivity contribution in [1.82, 2.24) is 9.97 Å². The predicted octanol–water partition coefficient (Wildman–Crippen LogP) is 17.9. The third kappa shape index (κ3) is 8.86.